The highest BCUT2D eigenvalue weighted by atomic mass is 16.5. The Bertz CT molecular complexity index is 929. The number of rotatable bonds is 2. The zero-order valence-electron chi connectivity index (χ0n) is 14.8. The molecule has 0 aliphatic heterocycles. The number of fused-ring (bicyclic) bond motifs is 1. The summed E-state index contributed by atoms with van der Waals surface area (Å²) in [4.78, 5) is 17.3. The summed E-state index contributed by atoms with van der Waals surface area (Å²) < 4.78 is 10.9. The molecular formula is C18H21N3O3. The summed E-state index contributed by atoms with van der Waals surface area (Å²) in [6, 6.07) is 3.67. The van der Waals surface area contributed by atoms with Crippen LogP contribution in [0.2, 0.25) is 0 Å². The Morgan fingerprint density at radius 1 is 1.17 bits per heavy atom. The molecule has 24 heavy (non-hydrogen) atoms. The van der Waals surface area contributed by atoms with Gasteiger partial charge in [0.2, 0.25) is 0 Å². The third kappa shape index (κ3) is 2.91. The Balaban J connectivity index is 2.21. The van der Waals surface area contributed by atoms with Gasteiger partial charge in [0.05, 0.1) is 22.3 Å². The average Bonchev–Trinajstić information content (AvgIpc) is 2.99. The van der Waals surface area contributed by atoms with Crippen molar-refractivity contribution in [3.63, 3.8) is 0 Å². The van der Waals surface area contributed by atoms with Crippen LogP contribution in [0, 0.1) is 20.8 Å². The van der Waals surface area contributed by atoms with E-state index >= 15 is 0 Å². The van der Waals surface area contributed by atoms with Crippen LogP contribution in [0.5, 0.6) is 0 Å². The fraction of sp³-hybridized carbons (Fsp3) is 0.389. The fourth-order valence-corrected chi connectivity index (χ4v) is 2.70. The van der Waals surface area contributed by atoms with Gasteiger partial charge in [0.25, 0.3) is 11.6 Å². The molecule has 3 rings (SSSR count). The second-order valence-electron chi connectivity index (χ2n) is 7.03. The van der Waals surface area contributed by atoms with Gasteiger partial charge in [0, 0.05) is 11.1 Å². The largest absolute Gasteiger partial charge is 0.466 e. The maximum absolute atomic E-state index is 12.8. The first-order valence-corrected chi connectivity index (χ1v) is 7.82. The highest BCUT2D eigenvalue weighted by Gasteiger charge is 2.23. The topological polar surface area (TPSA) is 81.2 Å². The van der Waals surface area contributed by atoms with Crippen LogP contribution in [-0.2, 0) is 0 Å². The molecule has 0 fully saturated rings. The highest BCUT2D eigenvalue weighted by molar-refractivity contribution is 6.07. The molecule has 0 atom stereocenters. The summed E-state index contributed by atoms with van der Waals surface area (Å²) in [5.74, 6) is 1.36. The lowest BCUT2D eigenvalue weighted by Crippen LogP contribution is -2.40. The summed E-state index contributed by atoms with van der Waals surface area (Å²) in [6.45, 7) is 11.4. The number of aromatic nitrogens is 2. The summed E-state index contributed by atoms with van der Waals surface area (Å²) in [5.41, 5.74) is 2.62. The third-order valence-electron chi connectivity index (χ3n) is 3.67. The molecule has 0 unspecified atom stereocenters. The first-order valence-electron chi connectivity index (χ1n) is 7.82. The minimum absolute atomic E-state index is 0.180. The molecule has 0 spiro atoms. The van der Waals surface area contributed by atoms with Crippen molar-refractivity contribution in [2.45, 2.75) is 47.1 Å². The first-order chi connectivity index (χ1) is 11.2. The molecule has 0 aromatic carbocycles. The van der Waals surface area contributed by atoms with Crippen molar-refractivity contribution in [2.24, 2.45) is 0 Å². The van der Waals surface area contributed by atoms with Gasteiger partial charge in [-0.15, -0.1) is 0 Å². The van der Waals surface area contributed by atoms with Gasteiger partial charge in [-0.2, -0.15) is 0 Å². The Morgan fingerprint density at radius 3 is 2.46 bits per heavy atom. The van der Waals surface area contributed by atoms with Crippen molar-refractivity contribution in [1.82, 2.24) is 15.5 Å². The number of pyridine rings is 1. The van der Waals surface area contributed by atoms with Crippen molar-refractivity contribution >= 4 is 17.0 Å². The van der Waals surface area contributed by atoms with Crippen LogP contribution in [0.1, 0.15) is 48.3 Å². The number of aryl methyl sites for hydroxylation is 3. The number of amides is 1. The van der Waals surface area contributed by atoms with Crippen LogP contribution >= 0.6 is 0 Å². The minimum Gasteiger partial charge on any atom is -0.466 e. The van der Waals surface area contributed by atoms with E-state index in [2.05, 4.69) is 15.5 Å². The Labute approximate surface area is 140 Å². The van der Waals surface area contributed by atoms with E-state index in [4.69, 9.17) is 8.94 Å². The predicted octanol–water partition coefficient (Wildman–Crippen LogP) is 3.94. The van der Waals surface area contributed by atoms with Crippen LogP contribution in [0.4, 0.5) is 0 Å². The van der Waals surface area contributed by atoms with Gasteiger partial charge < -0.3 is 14.3 Å². The maximum atomic E-state index is 12.8. The lowest BCUT2D eigenvalue weighted by Gasteiger charge is -2.20. The smallest absolute Gasteiger partial charge is 0.259 e. The van der Waals surface area contributed by atoms with Gasteiger partial charge in [0.15, 0.2) is 0 Å². The van der Waals surface area contributed by atoms with Crippen molar-refractivity contribution in [3.05, 3.63) is 34.9 Å². The summed E-state index contributed by atoms with van der Waals surface area (Å²) in [7, 11) is 0. The Hall–Kier alpha value is -2.63. The molecule has 1 amide bonds. The van der Waals surface area contributed by atoms with E-state index in [1.165, 1.54) is 0 Å². The van der Waals surface area contributed by atoms with Crippen LogP contribution in [-0.4, -0.2) is 21.6 Å². The molecular weight excluding hydrogens is 306 g/mol. The van der Waals surface area contributed by atoms with E-state index in [-0.39, 0.29) is 11.4 Å². The van der Waals surface area contributed by atoms with E-state index in [1.54, 1.807) is 13.0 Å². The van der Waals surface area contributed by atoms with Gasteiger partial charge in [-0.25, -0.2) is 4.98 Å². The van der Waals surface area contributed by atoms with E-state index in [0.29, 0.717) is 28.1 Å². The molecule has 0 radical (unpaired) electrons. The van der Waals surface area contributed by atoms with Crippen LogP contribution in [0.15, 0.2) is 21.1 Å². The van der Waals surface area contributed by atoms with Crippen molar-refractivity contribution < 1.29 is 13.7 Å². The zero-order chi connectivity index (χ0) is 17.6. The monoisotopic (exact) mass is 327 g/mol. The molecule has 0 bridgehead atoms. The van der Waals surface area contributed by atoms with Gasteiger partial charge in [-0.1, -0.05) is 5.16 Å². The van der Waals surface area contributed by atoms with E-state index in [1.807, 2.05) is 40.7 Å². The Morgan fingerprint density at radius 2 is 1.88 bits per heavy atom. The summed E-state index contributed by atoms with van der Waals surface area (Å²) >= 11 is 0. The number of furan rings is 1. The zero-order valence-corrected chi connectivity index (χ0v) is 14.8. The van der Waals surface area contributed by atoms with Gasteiger partial charge >= 0.3 is 0 Å². The maximum Gasteiger partial charge on any atom is 0.259 e. The number of carbonyl (C=O) groups is 1. The summed E-state index contributed by atoms with van der Waals surface area (Å²) in [5, 5.41) is 7.58. The van der Waals surface area contributed by atoms with Crippen molar-refractivity contribution in [3.8, 4) is 11.3 Å². The molecule has 126 valence electrons. The number of nitrogens with one attached hydrogen (secondary N) is 1. The van der Waals surface area contributed by atoms with Gasteiger partial charge in [-0.05, 0) is 53.7 Å². The standard InChI is InChI=1S/C18H21N3O3/c1-9-7-12(11(3)23-9)14-8-13(16(22)20-18(4,5)6)15-10(2)21-24-17(15)19-14/h7-8H,1-6H3,(H,20,22). The Kier molecular flexibility index (Phi) is 3.70. The molecule has 3 aromatic heterocycles. The molecule has 0 saturated heterocycles. The molecule has 6 heteroatoms. The molecule has 0 saturated carbocycles. The van der Waals surface area contributed by atoms with Crippen LogP contribution < -0.4 is 5.32 Å². The molecule has 6 nitrogen and oxygen atoms in total. The number of hydrogen-bond donors (Lipinski definition) is 1. The van der Waals surface area contributed by atoms with Crippen LogP contribution in [0.3, 0.4) is 0 Å². The predicted molar refractivity (Wildman–Crippen MR) is 90.9 cm³/mol. The third-order valence-corrected chi connectivity index (χ3v) is 3.67. The fourth-order valence-electron chi connectivity index (χ4n) is 2.70. The van der Waals surface area contributed by atoms with Crippen LogP contribution in [0.25, 0.3) is 22.4 Å². The first kappa shape index (κ1) is 16.2. The average molecular weight is 327 g/mol. The molecule has 3 aromatic rings. The SMILES string of the molecule is Cc1cc(-c2cc(C(=O)NC(C)(C)C)c3c(C)noc3n2)c(C)o1. The number of hydrogen-bond acceptors (Lipinski definition) is 5. The second-order valence-corrected chi connectivity index (χ2v) is 7.03. The van der Waals surface area contributed by atoms with Gasteiger partial charge in [0.1, 0.15) is 11.5 Å². The molecule has 1 N–H and O–H groups in total. The molecule has 0 aliphatic carbocycles. The highest BCUT2D eigenvalue weighted by Crippen LogP contribution is 2.30. The van der Waals surface area contributed by atoms with Crippen molar-refractivity contribution in [1.29, 1.82) is 0 Å². The normalized spacial score (nSPS) is 11.9. The quantitative estimate of drug-likeness (QED) is 0.771. The summed E-state index contributed by atoms with van der Waals surface area (Å²) in [6.07, 6.45) is 0. The molecule has 0 aliphatic rings. The second kappa shape index (κ2) is 5.47. The van der Waals surface area contributed by atoms with E-state index in [9.17, 15) is 4.79 Å². The van der Waals surface area contributed by atoms with Gasteiger partial charge in [-0.3, -0.25) is 4.79 Å². The lowest BCUT2D eigenvalue weighted by molar-refractivity contribution is 0.0921. The molecule has 3 heterocycles. The number of nitrogens with zero attached hydrogens (tertiary/aromatic N) is 2. The number of carbonyl (C=O) groups excluding carboxylic acids is 1. The van der Waals surface area contributed by atoms with E-state index < -0.39 is 0 Å². The van der Waals surface area contributed by atoms with Crippen molar-refractivity contribution in [2.75, 3.05) is 0 Å². The lowest BCUT2D eigenvalue weighted by atomic mass is 10.0. The van der Waals surface area contributed by atoms with E-state index in [0.717, 1.165) is 17.1 Å². The minimum atomic E-state index is -0.347.